The Balaban J connectivity index is 2.19. The van der Waals surface area contributed by atoms with Crippen LogP contribution in [-0.2, 0) is 7.05 Å². The van der Waals surface area contributed by atoms with Crippen LogP contribution in [0.5, 0.6) is 0 Å². The second-order valence-corrected chi connectivity index (χ2v) is 6.93. The van der Waals surface area contributed by atoms with E-state index in [0.717, 1.165) is 39.0 Å². The molecule has 25 heavy (non-hydrogen) atoms. The zero-order valence-electron chi connectivity index (χ0n) is 16.3. The molecule has 3 heteroatoms. The summed E-state index contributed by atoms with van der Waals surface area (Å²) in [5, 5.41) is 0.996. The van der Waals surface area contributed by atoms with Crippen LogP contribution in [0.2, 0.25) is 0 Å². The number of hydrogen-bond acceptors (Lipinski definition) is 2. The molecule has 0 saturated carbocycles. The van der Waals surface area contributed by atoms with Gasteiger partial charge in [-0.25, -0.2) is 9.55 Å². The van der Waals surface area contributed by atoms with Gasteiger partial charge in [-0.1, -0.05) is 26.0 Å². The van der Waals surface area contributed by atoms with Gasteiger partial charge in [-0.2, -0.15) is 0 Å². The lowest BCUT2D eigenvalue weighted by Crippen LogP contribution is -2.31. The third-order valence-electron chi connectivity index (χ3n) is 4.73. The molecule has 0 bridgehead atoms. The lowest BCUT2D eigenvalue weighted by atomic mass is 9.92. The topological polar surface area (TPSA) is 29.9 Å². The predicted molar refractivity (Wildman–Crippen MR) is 102 cm³/mol. The van der Waals surface area contributed by atoms with E-state index in [-0.39, 0.29) is 0 Å². The molecular formula is C22H23N2O+. The Hall–Kier alpha value is -2.68. The molecule has 0 saturated heterocycles. The van der Waals surface area contributed by atoms with Crippen molar-refractivity contribution in [2.24, 2.45) is 7.05 Å². The Labute approximate surface area is 149 Å². The molecule has 0 atom stereocenters. The Morgan fingerprint density at radius 3 is 2.60 bits per heavy atom. The number of furan rings is 1. The summed E-state index contributed by atoms with van der Waals surface area (Å²) in [7, 11) is 2.03. The molecule has 4 rings (SSSR count). The van der Waals surface area contributed by atoms with Gasteiger partial charge in [0.05, 0.1) is 11.3 Å². The lowest BCUT2D eigenvalue weighted by Gasteiger charge is -2.14. The van der Waals surface area contributed by atoms with Crippen molar-refractivity contribution in [1.82, 2.24) is 4.98 Å². The number of benzene rings is 1. The number of hydrogen-bond donors (Lipinski definition) is 0. The van der Waals surface area contributed by atoms with Crippen LogP contribution in [0.1, 0.15) is 37.9 Å². The number of rotatable bonds is 2. The summed E-state index contributed by atoms with van der Waals surface area (Å²) in [6, 6.07) is 12.1. The molecule has 3 nitrogen and oxygen atoms in total. The van der Waals surface area contributed by atoms with Crippen LogP contribution >= 0.6 is 0 Å². The van der Waals surface area contributed by atoms with Gasteiger partial charge in [0.2, 0.25) is 5.69 Å². The molecule has 0 N–H and O–H groups in total. The maximum atomic E-state index is 8.83. The highest BCUT2D eigenvalue weighted by Gasteiger charge is 2.25. The van der Waals surface area contributed by atoms with E-state index in [1.807, 2.05) is 52.1 Å². The van der Waals surface area contributed by atoms with E-state index < -0.39 is 5.89 Å². The van der Waals surface area contributed by atoms with Gasteiger partial charge in [-0.15, -0.1) is 0 Å². The molecule has 0 fully saturated rings. The van der Waals surface area contributed by atoms with Crippen molar-refractivity contribution in [3.63, 3.8) is 0 Å². The van der Waals surface area contributed by atoms with Gasteiger partial charge in [-0.05, 0) is 37.9 Å². The van der Waals surface area contributed by atoms with Crippen LogP contribution < -0.4 is 4.57 Å². The fourth-order valence-electron chi connectivity index (χ4n) is 3.63. The van der Waals surface area contributed by atoms with Crippen LogP contribution in [0.25, 0.3) is 33.3 Å². The van der Waals surface area contributed by atoms with Crippen molar-refractivity contribution in [1.29, 1.82) is 0 Å². The van der Waals surface area contributed by atoms with E-state index in [1.165, 1.54) is 5.56 Å². The molecular weight excluding hydrogens is 308 g/mol. The molecule has 0 radical (unpaired) electrons. The first kappa shape index (κ1) is 14.6. The zero-order valence-corrected chi connectivity index (χ0v) is 15.3. The van der Waals surface area contributed by atoms with E-state index >= 15 is 0 Å². The maximum absolute atomic E-state index is 8.83. The molecule has 126 valence electrons. The number of pyridine rings is 2. The van der Waals surface area contributed by atoms with Gasteiger partial charge in [0.25, 0.3) is 0 Å². The number of para-hydroxylation sites is 1. The van der Waals surface area contributed by atoms with Gasteiger partial charge in [0, 0.05) is 24.0 Å². The summed E-state index contributed by atoms with van der Waals surface area (Å²) < 4.78 is 17.1. The smallest absolute Gasteiger partial charge is 0.214 e. The number of nitrogens with zero attached hydrogens (tertiary/aromatic N) is 2. The van der Waals surface area contributed by atoms with E-state index in [0.29, 0.717) is 5.58 Å². The van der Waals surface area contributed by atoms with Gasteiger partial charge in [0.15, 0.2) is 11.8 Å². The first-order chi connectivity index (χ1) is 12.3. The van der Waals surface area contributed by atoms with Crippen molar-refractivity contribution in [2.75, 3.05) is 0 Å². The fourth-order valence-corrected chi connectivity index (χ4v) is 3.63. The zero-order chi connectivity index (χ0) is 18.6. The van der Waals surface area contributed by atoms with E-state index in [1.54, 1.807) is 0 Å². The van der Waals surface area contributed by atoms with Crippen molar-refractivity contribution >= 4 is 22.1 Å². The van der Waals surface area contributed by atoms with Crippen LogP contribution in [0.15, 0.2) is 47.0 Å². The minimum atomic E-state index is -0.826. The third-order valence-corrected chi connectivity index (χ3v) is 4.73. The summed E-state index contributed by atoms with van der Waals surface area (Å²) in [5.74, 6) is -0.826. The molecule has 0 spiro atoms. The average molecular weight is 332 g/mol. The molecule has 0 aliphatic heterocycles. The SMILES string of the molecule is [2H]C(C)(C)c1c(-c2ccc(C)c[n+]2C)c(C)nc2c1oc1ccccc12. The standard InChI is InChI=1S/C22H23N2O/c1-13(2)19-20(17-11-10-14(3)12-24(17)5)15(4)23-21-16-8-6-7-9-18(16)25-22(19)21/h6-13H,1-5H3/q+1/i13D. The van der Waals surface area contributed by atoms with Crippen LogP contribution in [0.3, 0.4) is 0 Å². The van der Waals surface area contributed by atoms with Gasteiger partial charge < -0.3 is 4.42 Å². The van der Waals surface area contributed by atoms with E-state index in [9.17, 15) is 0 Å². The summed E-state index contributed by atoms with van der Waals surface area (Å²) in [6.07, 6.45) is 2.10. The third kappa shape index (κ3) is 2.42. The van der Waals surface area contributed by atoms with Crippen LogP contribution in [0, 0.1) is 13.8 Å². The quantitative estimate of drug-likeness (QED) is 0.471. The lowest BCUT2D eigenvalue weighted by molar-refractivity contribution is -0.660. The van der Waals surface area contributed by atoms with Gasteiger partial charge in [0.1, 0.15) is 18.1 Å². The minimum Gasteiger partial charge on any atom is -0.454 e. The predicted octanol–water partition coefficient (Wildman–Crippen LogP) is 5.21. The van der Waals surface area contributed by atoms with Gasteiger partial charge in [-0.3, -0.25) is 0 Å². The second-order valence-electron chi connectivity index (χ2n) is 6.93. The molecule has 0 aliphatic rings. The highest BCUT2D eigenvalue weighted by atomic mass is 16.3. The number of aromatic nitrogens is 2. The molecule has 3 heterocycles. The molecule has 0 amide bonds. The number of fused-ring (bicyclic) bond motifs is 3. The molecule has 3 aromatic heterocycles. The first-order valence-electron chi connectivity index (χ1n) is 9.06. The van der Waals surface area contributed by atoms with Crippen molar-refractivity contribution in [2.45, 2.75) is 33.6 Å². The Bertz CT molecular complexity index is 1150. The molecule has 4 aromatic rings. The Morgan fingerprint density at radius 1 is 1.12 bits per heavy atom. The van der Waals surface area contributed by atoms with Crippen LogP contribution in [-0.4, -0.2) is 4.98 Å². The van der Waals surface area contributed by atoms with E-state index in [4.69, 9.17) is 10.8 Å². The van der Waals surface area contributed by atoms with Crippen molar-refractivity contribution in [3.8, 4) is 11.3 Å². The fraction of sp³-hybridized carbons (Fsp3) is 0.273. The normalized spacial score (nSPS) is 12.8. The van der Waals surface area contributed by atoms with Gasteiger partial charge >= 0.3 is 0 Å². The monoisotopic (exact) mass is 332 g/mol. The summed E-state index contributed by atoms with van der Waals surface area (Å²) in [6.45, 7) is 7.91. The van der Waals surface area contributed by atoms with E-state index in [2.05, 4.69) is 29.8 Å². The maximum Gasteiger partial charge on any atom is 0.214 e. The average Bonchev–Trinajstić information content (AvgIpc) is 2.91. The number of aryl methyl sites for hydroxylation is 3. The highest BCUT2D eigenvalue weighted by molar-refractivity contribution is 6.05. The molecule has 0 unspecified atom stereocenters. The van der Waals surface area contributed by atoms with Crippen LogP contribution in [0.4, 0.5) is 0 Å². The van der Waals surface area contributed by atoms with Crippen molar-refractivity contribution < 1.29 is 10.4 Å². The van der Waals surface area contributed by atoms with Crippen molar-refractivity contribution in [3.05, 3.63) is 59.4 Å². The Morgan fingerprint density at radius 2 is 1.88 bits per heavy atom. The largest absolute Gasteiger partial charge is 0.454 e. The molecule has 1 aromatic carbocycles. The highest BCUT2D eigenvalue weighted by Crippen LogP contribution is 2.39. The summed E-state index contributed by atoms with van der Waals surface area (Å²) in [4.78, 5) is 4.89. The summed E-state index contributed by atoms with van der Waals surface area (Å²) >= 11 is 0. The first-order valence-corrected chi connectivity index (χ1v) is 8.56. The Kier molecular flexibility index (Phi) is 3.34. The molecule has 0 aliphatic carbocycles. The summed E-state index contributed by atoms with van der Waals surface area (Å²) in [5.41, 5.74) is 7.38. The second kappa shape index (κ2) is 5.69. The minimum absolute atomic E-state index is 0.715.